The lowest BCUT2D eigenvalue weighted by Crippen LogP contribution is -2.55. The molecule has 0 saturated heterocycles. The van der Waals surface area contributed by atoms with Gasteiger partial charge in [0, 0.05) is 0 Å². The van der Waals surface area contributed by atoms with Crippen LogP contribution in [0.4, 0.5) is 0 Å². The molecule has 0 heterocycles. The zero-order valence-electron chi connectivity index (χ0n) is 11.1. The van der Waals surface area contributed by atoms with E-state index in [2.05, 4.69) is 76.7 Å². The lowest BCUT2D eigenvalue weighted by Gasteiger charge is -2.39. The van der Waals surface area contributed by atoms with E-state index < -0.39 is 16.5 Å². The fraction of sp³-hybridized carbons (Fsp3) is 0.545. The number of nitrogens with zero attached hydrogens (tertiary/aromatic N) is 1. The molecule has 0 atom stereocenters. The van der Waals surface area contributed by atoms with Crippen LogP contribution in [-0.2, 0) is 0 Å². The van der Waals surface area contributed by atoms with Crippen molar-refractivity contribution in [2.45, 2.75) is 39.3 Å². The average Bonchev–Trinajstić information content (AvgIpc) is 2.48. The van der Waals surface area contributed by atoms with Crippen molar-refractivity contribution in [3.63, 3.8) is 0 Å². The molecule has 1 aliphatic carbocycles. The molecule has 0 bridgehead atoms. The van der Waals surface area contributed by atoms with Crippen LogP contribution in [0.1, 0.15) is 0 Å². The molecular weight excluding hydrogens is 293 g/mol. The summed E-state index contributed by atoms with van der Waals surface area (Å²) in [6.07, 6.45) is 6.22. The molecule has 0 aromatic rings. The highest BCUT2D eigenvalue weighted by atomic mass is 79.9. The lowest BCUT2D eigenvalue weighted by molar-refractivity contribution is -0.232. The average molecular weight is 314 g/mol. The van der Waals surface area contributed by atoms with E-state index >= 15 is 0 Å². The maximum atomic E-state index is 3.87. The van der Waals surface area contributed by atoms with Gasteiger partial charge in [-0.25, -0.2) is 0 Å². The Balaban J connectivity index is 3.36. The summed E-state index contributed by atoms with van der Waals surface area (Å²) in [5.74, 6) is 0. The van der Waals surface area contributed by atoms with Gasteiger partial charge in [-0.1, -0.05) is 12.2 Å². The predicted molar refractivity (Wildman–Crippen MR) is 82.4 cm³/mol. The molecule has 16 heavy (non-hydrogen) atoms. The summed E-state index contributed by atoms with van der Waals surface area (Å²) in [4.78, 5) is 0. The van der Waals surface area contributed by atoms with Crippen molar-refractivity contribution in [2.75, 3.05) is 0 Å². The highest BCUT2D eigenvalue weighted by Crippen LogP contribution is 2.19. The van der Waals surface area contributed by atoms with E-state index in [4.69, 9.17) is 0 Å². The summed E-state index contributed by atoms with van der Waals surface area (Å²) in [7, 11) is -2.63. The van der Waals surface area contributed by atoms with Crippen molar-refractivity contribution >= 4 is 37.6 Å². The first-order chi connectivity index (χ1) is 7.14. The monoisotopic (exact) mass is 313 g/mol. The molecule has 1 rings (SSSR count). The standard InChI is InChI=1S/C11H21BBrNSi2/c1-15(2,3)14(16(4,5)6)12(13)11-9-7-8-10-11/h7-9H,1-6H3. The van der Waals surface area contributed by atoms with Gasteiger partial charge in [-0.3, -0.25) is 15.8 Å². The van der Waals surface area contributed by atoms with E-state index in [1.165, 1.54) is 5.47 Å². The Labute approximate surface area is 110 Å². The largest absolute Gasteiger partial charge is 0.646 e. The Morgan fingerprint density at radius 2 is 1.62 bits per heavy atom. The number of rotatable bonds is 3. The smallest absolute Gasteiger partial charge is 0.272 e. The summed E-state index contributed by atoms with van der Waals surface area (Å²) < 4.78 is 2.74. The summed E-state index contributed by atoms with van der Waals surface area (Å²) in [6, 6.07) is 0. The Hall–Kier alpha value is 0.0387. The van der Waals surface area contributed by atoms with Crippen LogP contribution < -0.4 is 0 Å². The van der Waals surface area contributed by atoms with Crippen molar-refractivity contribution in [1.29, 1.82) is 0 Å². The predicted octanol–water partition coefficient (Wildman–Crippen LogP) is 4.01. The minimum atomic E-state index is -1.31. The fourth-order valence-electron chi connectivity index (χ4n) is 2.32. The van der Waals surface area contributed by atoms with Gasteiger partial charge in [0.15, 0.2) is 0 Å². The number of hydrogen-bond donors (Lipinski definition) is 0. The molecule has 1 aliphatic rings. The lowest BCUT2D eigenvalue weighted by atomic mass is 9.91. The van der Waals surface area contributed by atoms with Crippen molar-refractivity contribution in [2.24, 2.45) is 0 Å². The molecule has 0 spiro atoms. The van der Waals surface area contributed by atoms with E-state index in [1.54, 1.807) is 0 Å². The first kappa shape index (κ1) is 14.1. The van der Waals surface area contributed by atoms with E-state index in [0.717, 1.165) is 0 Å². The van der Waals surface area contributed by atoms with E-state index in [9.17, 15) is 0 Å². The summed E-state index contributed by atoms with van der Waals surface area (Å²) in [5, 5.41) is 0.334. The van der Waals surface area contributed by atoms with Gasteiger partial charge in [-0.05, 0) is 45.4 Å². The number of halogens is 1. The van der Waals surface area contributed by atoms with Gasteiger partial charge in [0.25, 0.3) is 16.5 Å². The third-order valence-corrected chi connectivity index (χ3v) is 11.6. The molecular formula is C11H21BBrNSi2. The third kappa shape index (κ3) is 3.26. The van der Waals surface area contributed by atoms with Crippen LogP contribution >= 0.6 is 15.8 Å². The summed E-state index contributed by atoms with van der Waals surface area (Å²) in [6.45, 7) is 14.5. The molecule has 0 fully saturated rings. The van der Waals surface area contributed by atoms with Gasteiger partial charge in [0.05, 0.1) is 0 Å². The molecule has 0 aromatic heterocycles. The molecule has 0 N–H and O–H groups in total. The quantitative estimate of drug-likeness (QED) is 0.547. The first-order valence-electron chi connectivity index (χ1n) is 5.71. The Kier molecular flexibility index (Phi) is 4.17. The molecule has 88 valence electrons. The number of allylic oxidation sites excluding steroid dienone is 3. The van der Waals surface area contributed by atoms with E-state index in [-0.39, 0.29) is 0 Å². The van der Waals surface area contributed by atoms with Crippen molar-refractivity contribution in [3.05, 3.63) is 29.4 Å². The third-order valence-electron chi connectivity index (χ3n) is 2.55. The van der Waals surface area contributed by atoms with Crippen LogP contribution in [0.15, 0.2) is 29.4 Å². The van der Waals surface area contributed by atoms with Crippen LogP contribution in [0.2, 0.25) is 39.3 Å². The van der Waals surface area contributed by atoms with Crippen molar-refractivity contribution < 1.29 is 3.81 Å². The van der Waals surface area contributed by atoms with Gasteiger partial charge < -0.3 is 3.81 Å². The van der Waals surface area contributed by atoms with Crippen LogP contribution in [0.25, 0.3) is 0 Å². The molecule has 0 aliphatic heterocycles. The minimum Gasteiger partial charge on any atom is -0.646 e. The Morgan fingerprint density at radius 1 is 1.12 bits per heavy atom. The second-order valence-corrected chi connectivity index (χ2v) is 17.1. The van der Waals surface area contributed by atoms with E-state index in [0.29, 0.717) is 5.33 Å². The maximum absolute atomic E-state index is 3.87. The van der Waals surface area contributed by atoms with Gasteiger partial charge >= 0.3 is 0 Å². The van der Waals surface area contributed by atoms with Crippen LogP contribution in [0.3, 0.4) is 0 Å². The van der Waals surface area contributed by atoms with Gasteiger partial charge in [-0.2, -0.15) is 5.73 Å². The van der Waals surface area contributed by atoms with Crippen LogP contribution in [-0.4, -0.2) is 25.6 Å². The Bertz CT molecular complexity index is 402. The zero-order valence-corrected chi connectivity index (χ0v) is 14.7. The highest BCUT2D eigenvalue weighted by Gasteiger charge is 2.34. The Morgan fingerprint density at radius 3 is 1.94 bits per heavy atom. The normalized spacial score (nSPS) is 15.3. The molecule has 5 heteroatoms. The minimum absolute atomic E-state index is 0.334. The van der Waals surface area contributed by atoms with Crippen LogP contribution in [0, 0.1) is 0 Å². The fourth-order valence-corrected chi connectivity index (χ4v) is 16.0. The molecule has 0 amide bonds. The second-order valence-electron chi connectivity index (χ2n) is 6.17. The van der Waals surface area contributed by atoms with Crippen molar-refractivity contribution in [1.82, 2.24) is 0 Å². The first-order valence-corrected chi connectivity index (χ1v) is 13.5. The highest BCUT2D eigenvalue weighted by molar-refractivity contribution is 9.24. The van der Waals surface area contributed by atoms with Gasteiger partial charge in [0.1, 0.15) is 0 Å². The molecule has 0 unspecified atom stereocenters. The summed E-state index contributed by atoms with van der Waals surface area (Å²) in [5.41, 5.74) is 4.59. The summed E-state index contributed by atoms with van der Waals surface area (Å²) >= 11 is 3.87. The molecule has 1 nitrogen and oxygen atoms in total. The molecule has 0 radical (unpaired) electrons. The molecule has 0 aromatic carbocycles. The number of hydrogen-bond acceptors (Lipinski definition) is 0. The topological polar surface area (TPSA) is 3.01 Å². The maximum Gasteiger partial charge on any atom is 0.272 e. The van der Waals surface area contributed by atoms with Gasteiger partial charge in [0.2, 0.25) is 5.33 Å². The van der Waals surface area contributed by atoms with Crippen LogP contribution in [0.5, 0.6) is 0 Å². The SMILES string of the molecule is C[Si](C)(C)[N+](=[B-](Br)C1=C=CC=C1)[Si](C)(C)C. The zero-order chi connectivity index (χ0) is 12.6. The second kappa shape index (κ2) is 4.73. The van der Waals surface area contributed by atoms with Gasteiger partial charge in [-0.15, -0.1) is 5.47 Å². The van der Waals surface area contributed by atoms with E-state index in [1.807, 2.05) is 6.08 Å². The molecule has 0 saturated carbocycles. The van der Waals surface area contributed by atoms with Crippen molar-refractivity contribution in [3.8, 4) is 0 Å².